The Bertz CT molecular complexity index is 710. The summed E-state index contributed by atoms with van der Waals surface area (Å²) < 4.78 is 0. The summed E-state index contributed by atoms with van der Waals surface area (Å²) in [6.45, 7) is 4.10. The third-order valence-electron chi connectivity index (χ3n) is 4.41. The number of anilines is 2. The molecule has 138 valence electrons. The first kappa shape index (κ1) is 19.5. The van der Waals surface area contributed by atoms with Crippen molar-refractivity contribution in [3.63, 3.8) is 0 Å². The molecule has 0 fully saturated rings. The molecule has 0 heterocycles. The molecular weight excluding hydrogens is 326 g/mol. The Labute approximate surface area is 155 Å². The van der Waals surface area contributed by atoms with E-state index < -0.39 is 0 Å². The van der Waals surface area contributed by atoms with Gasteiger partial charge in [0.1, 0.15) is 0 Å². The summed E-state index contributed by atoms with van der Waals surface area (Å²) in [5.74, 6) is 0.0170. The van der Waals surface area contributed by atoms with Crippen molar-refractivity contribution in [2.24, 2.45) is 0 Å². The van der Waals surface area contributed by atoms with Gasteiger partial charge in [-0.3, -0.25) is 4.79 Å². The minimum atomic E-state index is -0.202. The molecule has 0 bridgehead atoms. The van der Waals surface area contributed by atoms with Crippen LogP contribution in [0, 0.1) is 0 Å². The van der Waals surface area contributed by atoms with Crippen molar-refractivity contribution in [2.45, 2.75) is 39.2 Å². The second kappa shape index (κ2) is 9.61. The number of likely N-dealkylation sites (N-methyl/N-ethyl adjacent to an activating group) is 1. The number of para-hydroxylation sites is 1. The van der Waals surface area contributed by atoms with E-state index in [-0.39, 0.29) is 18.0 Å². The molecule has 3 amide bonds. The Hall–Kier alpha value is -2.82. The number of hydrogen-bond acceptors (Lipinski definition) is 2. The second-order valence-corrected chi connectivity index (χ2v) is 6.27. The molecule has 0 saturated heterocycles. The maximum atomic E-state index is 12.4. The molecule has 0 aliphatic rings. The number of nitrogens with one attached hydrogen (secondary N) is 2. The van der Waals surface area contributed by atoms with Crippen molar-refractivity contribution in [1.82, 2.24) is 5.32 Å². The number of nitrogens with zero attached hydrogens (tertiary/aromatic N) is 1. The third kappa shape index (κ3) is 5.62. The highest BCUT2D eigenvalue weighted by Crippen LogP contribution is 2.15. The van der Waals surface area contributed by atoms with Gasteiger partial charge in [0, 0.05) is 24.5 Å². The molecule has 26 heavy (non-hydrogen) atoms. The van der Waals surface area contributed by atoms with Gasteiger partial charge in [0.2, 0.25) is 5.91 Å². The summed E-state index contributed by atoms with van der Waals surface area (Å²) in [6.07, 6.45) is 2.12. The molecule has 5 heteroatoms. The van der Waals surface area contributed by atoms with Crippen molar-refractivity contribution in [3.8, 4) is 0 Å². The molecule has 2 rings (SSSR count). The van der Waals surface area contributed by atoms with E-state index in [0.717, 1.165) is 24.1 Å². The number of rotatable bonds is 7. The smallest absolute Gasteiger partial charge is 0.319 e. The van der Waals surface area contributed by atoms with Gasteiger partial charge in [0.15, 0.2) is 0 Å². The monoisotopic (exact) mass is 353 g/mol. The van der Waals surface area contributed by atoms with Gasteiger partial charge in [-0.2, -0.15) is 0 Å². The van der Waals surface area contributed by atoms with Gasteiger partial charge in [-0.1, -0.05) is 44.2 Å². The normalized spacial score (nSPS) is 10.5. The fraction of sp³-hybridized carbons (Fsp3) is 0.333. The lowest BCUT2D eigenvalue weighted by Crippen LogP contribution is -2.37. The maximum absolute atomic E-state index is 12.4. The topological polar surface area (TPSA) is 61.4 Å². The minimum absolute atomic E-state index is 0.0170. The number of hydrogen-bond donors (Lipinski definition) is 2. The van der Waals surface area contributed by atoms with Crippen LogP contribution in [0.1, 0.15) is 32.3 Å². The Kier molecular flexibility index (Phi) is 7.21. The fourth-order valence-corrected chi connectivity index (χ4v) is 2.64. The highest BCUT2D eigenvalue weighted by Gasteiger charge is 2.12. The van der Waals surface area contributed by atoms with Crippen LogP contribution in [0.5, 0.6) is 0 Å². The lowest BCUT2D eigenvalue weighted by molar-refractivity contribution is -0.117. The first-order valence-corrected chi connectivity index (χ1v) is 9.01. The maximum Gasteiger partial charge on any atom is 0.319 e. The Balaban J connectivity index is 1.91. The molecule has 0 atom stereocenters. The number of benzene rings is 2. The molecule has 0 aliphatic heterocycles. The number of carbonyl (C=O) groups excluding carboxylic acids is 2. The van der Waals surface area contributed by atoms with Crippen LogP contribution in [0.2, 0.25) is 0 Å². The molecule has 0 radical (unpaired) electrons. The van der Waals surface area contributed by atoms with E-state index in [9.17, 15) is 9.59 Å². The average molecular weight is 353 g/mol. The van der Waals surface area contributed by atoms with Crippen LogP contribution in [-0.2, 0) is 11.2 Å². The van der Waals surface area contributed by atoms with Crippen molar-refractivity contribution < 1.29 is 9.59 Å². The van der Waals surface area contributed by atoms with Crippen LogP contribution in [0.3, 0.4) is 0 Å². The molecular formula is C21H27N3O2. The Morgan fingerprint density at radius 2 is 1.58 bits per heavy atom. The summed E-state index contributed by atoms with van der Waals surface area (Å²) in [6, 6.07) is 16.9. The largest absolute Gasteiger partial charge is 0.335 e. The van der Waals surface area contributed by atoms with E-state index in [0.29, 0.717) is 12.1 Å². The second-order valence-electron chi connectivity index (χ2n) is 6.27. The predicted octanol–water partition coefficient (Wildman–Crippen LogP) is 4.20. The van der Waals surface area contributed by atoms with E-state index >= 15 is 0 Å². The first-order valence-electron chi connectivity index (χ1n) is 9.01. The summed E-state index contributed by atoms with van der Waals surface area (Å²) in [7, 11) is 1.77. The standard InChI is InChI=1S/C21H27N3O2/c1-4-17(5-2)22-21(26)23-18-13-11-16(12-14-18)15-20(25)24(3)19-9-7-6-8-10-19/h6-14,17H,4-5,15H2,1-3H3,(H2,22,23,26). The molecule has 2 N–H and O–H groups in total. The van der Waals surface area contributed by atoms with Gasteiger partial charge in [-0.05, 0) is 42.7 Å². The zero-order valence-corrected chi connectivity index (χ0v) is 15.7. The molecule has 0 aromatic heterocycles. The van der Waals surface area contributed by atoms with Crippen molar-refractivity contribution >= 4 is 23.3 Å². The van der Waals surface area contributed by atoms with Crippen LogP contribution >= 0.6 is 0 Å². The Morgan fingerprint density at radius 3 is 2.15 bits per heavy atom. The predicted molar refractivity (Wildman–Crippen MR) is 107 cm³/mol. The highest BCUT2D eigenvalue weighted by atomic mass is 16.2. The number of urea groups is 1. The summed E-state index contributed by atoms with van der Waals surface area (Å²) in [5.41, 5.74) is 2.48. The number of carbonyl (C=O) groups is 2. The fourth-order valence-electron chi connectivity index (χ4n) is 2.64. The highest BCUT2D eigenvalue weighted by molar-refractivity contribution is 5.94. The van der Waals surface area contributed by atoms with Crippen molar-refractivity contribution in [3.05, 3.63) is 60.2 Å². The third-order valence-corrected chi connectivity index (χ3v) is 4.41. The van der Waals surface area contributed by atoms with E-state index in [4.69, 9.17) is 0 Å². The molecule has 0 aliphatic carbocycles. The minimum Gasteiger partial charge on any atom is -0.335 e. The first-order chi connectivity index (χ1) is 12.5. The van der Waals surface area contributed by atoms with E-state index in [1.165, 1.54) is 0 Å². The van der Waals surface area contributed by atoms with Gasteiger partial charge in [0.05, 0.1) is 6.42 Å². The van der Waals surface area contributed by atoms with Gasteiger partial charge in [-0.25, -0.2) is 4.79 Å². The van der Waals surface area contributed by atoms with Crippen LogP contribution in [0.15, 0.2) is 54.6 Å². The molecule has 5 nitrogen and oxygen atoms in total. The van der Waals surface area contributed by atoms with Crippen LogP contribution < -0.4 is 15.5 Å². The molecule has 2 aromatic carbocycles. The van der Waals surface area contributed by atoms with Gasteiger partial charge in [0.25, 0.3) is 0 Å². The lowest BCUT2D eigenvalue weighted by atomic mass is 10.1. The van der Waals surface area contributed by atoms with Gasteiger partial charge in [-0.15, -0.1) is 0 Å². The molecule has 0 unspecified atom stereocenters. The summed E-state index contributed by atoms with van der Waals surface area (Å²) in [4.78, 5) is 26.0. The zero-order valence-electron chi connectivity index (χ0n) is 15.7. The molecule has 0 spiro atoms. The summed E-state index contributed by atoms with van der Waals surface area (Å²) in [5, 5.41) is 5.76. The lowest BCUT2D eigenvalue weighted by Gasteiger charge is -2.17. The van der Waals surface area contributed by atoms with E-state index in [2.05, 4.69) is 10.6 Å². The van der Waals surface area contributed by atoms with Gasteiger partial charge < -0.3 is 15.5 Å². The molecule has 0 saturated carbocycles. The quantitative estimate of drug-likeness (QED) is 0.783. The zero-order chi connectivity index (χ0) is 18.9. The van der Waals surface area contributed by atoms with Crippen LogP contribution in [0.4, 0.5) is 16.2 Å². The average Bonchev–Trinajstić information content (AvgIpc) is 2.67. The van der Waals surface area contributed by atoms with Crippen LogP contribution in [0.25, 0.3) is 0 Å². The van der Waals surface area contributed by atoms with Crippen molar-refractivity contribution in [2.75, 3.05) is 17.3 Å². The SMILES string of the molecule is CCC(CC)NC(=O)Nc1ccc(CC(=O)N(C)c2ccccc2)cc1. The van der Waals surface area contributed by atoms with E-state index in [1.807, 2.05) is 68.4 Å². The van der Waals surface area contributed by atoms with E-state index in [1.54, 1.807) is 11.9 Å². The number of amides is 3. The van der Waals surface area contributed by atoms with Crippen molar-refractivity contribution in [1.29, 1.82) is 0 Å². The molecule has 2 aromatic rings. The van der Waals surface area contributed by atoms with Gasteiger partial charge >= 0.3 is 6.03 Å². The van der Waals surface area contributed by atoms with Crippen LogP contribution in [-0.4, -0.2) is 25.0 Å². The summed E-state index contributed by atoms with van der Waals surface area (Å²) >= 11 is 0. The Morgan fingerprint density at radius 1 is 0.962 bits per heavy atom.